The molecule has 1 unspecified atom stereocenters. The summed E-state index contributed by atoms with van der Waals surface area (Å²) >= 11 is 0. The molecular weight excluding hydrogens is 283 g/mol. The minimum Gasteiger partial charge on any atom is -0.324 e. The van der Waals surface area contributed by atoms with Gasteiger partial charge in [0.05, 0.1) is 12.8 Å². The predicted octanol–water partition coefficient (Wildman–Crippen LogP) is 4.01. The smallest absolute Gasteiger partial charge is 0.324 e. The molecule has 0 saturated carbocycles. The minimum atomic E-state index is -3.58. The van der Waals surface area contributed by atoms with E-state index < -0.39 is 7.60 Å². The average Bonchev–Trinajstić information content (AvgIpc) is 2.38. The molecule has 2 aromatic carbocycles. The molecule has 0 aliphatic carbocycles. The Balaban J connectivity index is 0.00000180. The van der Waals surface area contributed by atoms with Crippen LogP contribution in [0.2, 0.25) is 0 Å². The first kappa shape index (κ1) is 15.9. The summed E-state index contributed by atoms with van der Waals surface area (Å²) < 4.78 is 17.0. The van der Waals surface area contributed by atoms with Crippen LogP contribution in [0.1, 0.15) is 11.1 Å². The molecule has 102 valence electrons. The second kappa shape index (κ2) is 7.46. The first-order valence-corrected chi connectivity index (χ1v) is 7.46. The van der Waals surface area contributed by atoms with Gasteiger partial charge in [-0.1, -0.05) is 60.7 Å². The molecule has 0 bridgehead atoms. The van der Waals surface area contributed by atoms with Gasteiger partial charge in [0, 0.05) is 0 Å². The highest BCUT2D eigenvalue weighted by Gasteiger charge is 2.19. The van der Waals surface area contributed by atoms with Crippen molar-refractivity contribution >= 4 is 20.0 Å². The van der Waals surface area contributed by atoms with Crippen molar-refractivity contribution in [1.82, 2.24) is 0 Å². The molecule has 1 N–H and O–H groups in total. The third-order valence-electron chi connectivity index (χ3n) is 2.50. The summed E-state index contributed by atoms with van der Waals surface area (Å²) in [5.74, 6) is 0. The Bertz CT molecular complexity index is 531. The summed E-state index contributed by atoms with van der Waals surface area (Å²) in [6.07, 6.45) is 0.0423. The van der Waals surface area contributed by atoms with E-state index in [1.54, 1.807) is 0 Å². The summed E-state index contributed by atoms with van der Waals surface area (Å²) in [5.41, 5.74) is 1.69. The Morgan fingerprint density at radius 3 is 1.89 bits per heavy atom. The van der Waals surface area contributed by atoms with Crippen molar-refractivity contribution < 1.29 is 14.0 Å². The van der Waals surface area contributed by atoms with E-state index in [9.17, 15) is 9.46 Å². The normalized spacial score (nSPS) is 13.3. The van der Waals surface area contributed by atoms with Gasteiger partial charge in [0.25, 0.3) is 0 Å². The van der Waals surface area contributed by atoms with E-state index in [1.807, 2.05) is 60.7 Å². The summed E-state index contributed by atoms with van der Waals surface area (Å²) in [5, 5.41) is 0. The lowest BCUT2D eigenvalue weighted by Gasteiger charge is -2.12. The maximum Gasteiger partial charge on any atom is 0.332 e. The molecule has 2 aromatic rings. The first-order chi connectivity index (χ1) is 8.66. The van der Waals surface area contributed by atoms with Crippen LogP contribution in [0.3, 0.4) is 0 Å². The first-order valence-electron chi connectivity index (χ1n) is 5.70. The van der Waals surface area contributed by atoms with Crippen molar-refractivity contribution in [3.05, 3.63) is 71.8 Å². The van der Waals surface area contributed by atoms with Gasteiger partial charge in [0.1, 0.15) is 0 Å². The van der Waals surface area contributed by atoms with Crippen LogP contribution in [0.25, 0.3) is 0 Å². The van der Waals surface area contributed by atoms with E-state index in [0.29, 0.717) is 0 Å². The van der Waals surface area contributed by atoms with Gasteiger partial charge in [0.2, 0.25) is 0 Å². The number of hydrogen-bond acceptors (Lipinski definition) is 2. The predicted molar refractivity (Wildman–Crippen MR) is 78.5 cm³/mol. The number of benzene rings is 2. The fraction of sp³-hybridized carbons (Fsp3) is 0.143. The fourth-order valence-corrected chi connectivity index (χ4v) is 2.72. The fourth-order valence-electron chi connectivity index (χ4n) is 1.61. The SMILES string of the molecule is Cl.O=P(O)(Cc1ccccc1)OCc1ccccc1. The van der Waals surface area contributed by atoms with Crippen LogP contribution < -0.4 is 0 Å². The van der Waals surface area contributed by atoms with E-state index in [4.69, 9.17) is 4.52 Å². The molecule has 0 aliphatic rings. The zero-order valence-corrected chi connectivity index (χ0v) is 12.0. The lowest BCUT2D eigenvalue weighted by atomic mass is 10.2. The molecular formula is C14H16ClO3P. The lowest BCUT2D eigenvalue weighted by Crippen LogP contribution is -1.94. The molecule has 1 atom stereocenters. The van der Waals surface area contributed by atoms with E-state index in [0.717, 1.165) is 11.1 Å². The van der Waals surface area contributed by atoms with E-state index in [1.165, 1.54) is 0 Å². The maximum atomic E-state index is 11.9. The van der Waals surface area contributed by atoms with E-state index >= 15 is 0 Å². The molecule has 0 radical (unpaired) electrons. The number of rotatable bonds is 5. The van der Waals surface area contributed by atoms with Crippen LogP contribution >= 0.6 is 20.0 Å². The number of halogens is 1. The Kier molecular flexibility index (Phi) is 6.26. The van der Waals surface area contributed by atoms with Crippen LogP contribution in [0.5, 0.6) is 0 Å². The highest BCUT2D eigenvalue weighted by Crippen LogP contribution is 2.46. The van der Waals surface area contributed by atoms with Crippen LogP contribution in [0.15, 0.2) is 60.7 Å². The van der Waals surface area contributed by atoms with Gasteiger partial charge < -0.3 is 9.42 Å². The Morgan fingerprint density at radius 2 is 1.37 bits per heavy atom. The second-order valence-electron chi connectivity index (χ2n) is 4.04. The number of hydrogen-bond donors (Lipinski definition) is 1. The highest BCUT2D eigenvalue weighted by atomic mass is 35.5. The highest BCUT2D eigenvalue weighted by molar-refractivity contribution is 7.51. The molecule has 2 rings (SSSR count). The molecule has 0 saturated heterocycles. The molecule has 0 heterocycles. The van der Waals surface area contributed by atoms with Gasteiger partial charge in [-0.2, -0.15) is 0 Å². The summed E-state index contributed by atoms with van der Waals surface area (Å²) in [4.78, 5) is 9.76. The van der Waals surface area contributed by atoms with Crippen LogP contribution in [-0.2, 0) is 21.9 Å². The Morgan fingerprint density at radius 1 is 0.895 bits per heavy atom. The maximum absolute atomic E-state index is 11.9. The molecule has 19 heavy (non-hydrogen) atoms. The van der Waals surface area contributed by atoms with Crippen LogP contribution in [-0.4, -0.2) is 4.89 Å². The van der Waals surface area contributed by atoms with Crippen molar-refractivity contribution in [1.29, 1.82) is 0 Å². The molecule has 3 nitrogen and oxygen atoms in total. The van der Waals surface area contributed by atoms with Crippen molar-refractivity contribution in [3.8, 4) is 0 Å². The molecule has 0 amide bonds. The molecule has 0 aromatic heterocycles. The van der Waals surface area contributed by atoms with Gasteiger partial charge in [-0.15, -0.1) is 12.4 Å². The average molecular weight is 299 g/mol. The van der Waals surface area contributed by atoms with Gasteiger partial charge in [0.15, 0.2) is 0 Å². The van der Waals surface area contributed by atoms with Crippen molar-refractivity contribution in [2.24, 2.45) is 0 Å². The Labute approximate surface area is 119 Å². The lowest BCUT2D eigenvalue weighted by molar-refractivity contribution is 0.249. The molecule has 0 fully saturated rings. The monoisotopic (exact) mass is 298 g/mol. The third kappa shape index (κ3) is 5.58. The third-order valence-corrected chi connectivity index (χ3v) is 3.80. The van der Waals surface area contributed by atoms with Gasteiger partial charge in [-0.3, -0.25) is 4.57 Å². The summed E-state index contributed by atoms with van der Waals surface area (Å²) in [7, 11) is -3.58. The van der Waals surface area contributed by atoms with Crippen LogP contribution in [0, 0.1) is 0 Å². The zero-order valence-electron chi connectivity index (χ0n) is 10.3. The molecule has 5 heteroatoms. The second-order valence-corrected chi connectivity index (χ2v) is 5.89. The topological polar surface area (TPSA) is 46.5 Å². The standard InChI is InChI=1S/C14H15O3P.ClH/c15-18(16,12-14-9-5-2-6-10-14)17-11-13-7-3-1-4-8-13;/h1-10H,11-12H2,(H,15,16);1H. The van der Waals surface area contributed by atoms with Gasteiger partial charge in [-0.25, -0.2) is 0 Å². The quantitative estimate of drug-likeness (QED) is 0.848. The van der Waals surface area contributed by atoms with E-state index in [-0.39, 0.29) is 25.2 Å². The molecule has 0 spiro atoms. The van der Waals surface area contributed by atoms with Crippen molar-refractivity contribution in [3.63, 3.8) is 0 Å². The zero-order chi connectivity index (χ0) is 12.8. The summed E-state index contributed by atoms with van der Waals surface area (Å²) in [6.45, 7) is 0.154. The van der Waals surface area contributed by atoms with Crippen molar-refractivity contribution in [2.75, 3.05) is 0 Å². The molecule has 0 aliphatic heterocycles. The Hall–Kier alpha value is -1.12. The van der Waals surface area contributed by atoms with E-state index in [2.05, 4.69) is 0 Å². The van der Waals surface area contributed by atoms with Gasteiger partial charge in [-0.05, 0) is 11.1 Å². The minimum absolute atomic E-state index is 0. The van der Waals surface area contributed by atoms with Crippen LogP contribution in [0.4, 0.5) is 0 Å². The summed E-state index contributed by atoms with van der Waals surface area (Å²) in [6, 6.07) is 18.5. The van der Waals surface area contributed by atoms with Crippen molar-refractivity contribution in [2.45, 2.75) is 12.8 Å². The van der Waals surface area contributed by atoms with Gasteiger partial charge >= 0.3 is 7.60 Å². The largest absolute Gasteiger partial charge is 0.332 e.